The lowest BCUT2D eigenvalue weighted by molar-refractivity contribution is -0.142. The fraction of sp³-hybridized carbons (Fsp3) is 0.455. The van der Waals surface area contributed by atoms with Crippen molar-refractivity contribution in [1.29, 1.82) is 0 Å². The van der Waals surface area contributed by atoms with Crippen molar-refractivity contribution in [3.8, 4) is 0 Å². The topological polar surface area (TPSA) is 77.2 Å². The van der Waals surface area contributed by atoms with E-state index in [2.05, 4.69) is 10.3 Å². The molecular weight excluding hydrogens is 206 g/mol. The highest BCUT2D eigenvalue weighted by molar-refractivity contribution is 5.81. The number of aromatic nitrogens is 1. The normalized spacial score (nSPS) is 12.2. The number of methoxy groups -OCH3 is 1. The van der Waals surface area contributed by atoms with Crippen LogP contribution < -0.4 is 11.1 Å². The van der Waals surface area contributed by atoms with Crippen LogP contribution in [-0.2, 0) is 9.53 Å². The number of pyridine rings is 1. The van der Waals surface area contributed by atoms with Gasteiger partial charge in [0.05, 0.1) is 24.7 Å². The summed E-state index contributed by atoms with van der Waals surface area (Å²) in [6.07, 6.45) is 3.16. The molecule has 1 aromatic heterocycles. The molecule has 0 bridgehead atoms. The van der Waals surface area contributed by atoms with Crippen LogP contribution >= 0.6 is 0 Å². The summed E-state index contributed by atoms with van der Waals surface area (Å²) in [4.78, 5) is 15.4. The van der Waals surface area contributed by atoms with E-state index in [1.807, 2.05) is 13.8 Å². The molecule has 0 radical (unpaired) electrons. The second-order valence-electron chi connectivity index (χ2n) is 3.85. The highest BCUT2D eigenvalue weighted by atomic mass is 16.5. The number of hydrogen-bond acceptors (Lipinski definition) is 5. The third-order valence-electron chi connectivity index (χ3n) is 2.28. The zero-order chi connectivity index (χ0) is 12.1. The maximum Gasteiger partial charge on any atom is 0.328 e. The Morgan fingerprint density at radius 1 is 1.56 bits per heavy atom. The SMILES string of the molecule is COC(=O)C(Nc1ccncc1N)C(C)C. The molecule has 0 saturated heterocycles. The van der Waals surface area contributed by atoms with Crippen molar-refractivity contribution < 1.29 is 9.53 Å². The second-order valence-corrected chi connectivity index (χ2v) is 3.85. The minimum absolute atomic E-state index is 0.111. The Kier molecular flexibility index (Phi) is 4.10. The van der Waals surface area contributed by atoms with E-state index in [1.54, 1.807) is 12.3 Å². The molecule has 0 aliphatic heterocycles. The molecule has 1 atom stereocenters. The summed E-state index contributed by atoms with van der Waals surface area (Å²) < 4.78 is 4.73. The maximum absolute atomic E-state index is 11.5. The first-order valence-corrected chi connectivity index (χ1v) is 5.10. The number of carbonyl (C=O) groups excluding carboxylic acids is 1. The average Bonchev–Trinajstić information content (AvgIpc) is 2.26. The number of rotatable bonds is 4. The van der Waals surface area contributed by atoms with Crippen LogP contribution in [0.4, 0.5) is 11.4 Å². The third kappa shape index (κ3) is 2.85. The molecule has 0 aliphatic rings. The Morgan fingerprint density at radius 3 is 2.75 bits per heavy atom. The van der Waals surface area contributed by atoms with Crippen LogP contribution in [0.15, 0.2) is 18.5 Å². The van der Waals surface area contributed by atoms with Gasteiger partial charge in [-0.15, -0.1) is 0 Å². The van der Waals surface area contributed by atoms with Crippen molar-refractivity contribution in [3.63, 3.8) is 0 Å². The molecule has 1 unspecified atom stereocenters. The van der Waals surface area contributed by atoms with Crippen LogP contribution in [0.5, 0.6) is 0 Å². The second kappa shape index (κ2) is 5.34. The Balaban J connectivity index is 2.84. The minimum Gasteiger partial charge on any atom is -0.467 e. The lowest BCUT2D eigenvalue weighted by Crippen LogP contribution is -2.35. The van der Waals surface area contributed by atoms with Gasteiger partial charge in [0.25, 0.3) is 0 Å². The Hall–Kier alpha value is -1.78. The quantitative estimate of drug-likeness (QED) is 0.752. The van der Waals surface area contributed by atoms with Gasteiger partial charge >= 0.3 is 5.97 Å². The molecule has 0 aliphatic carbocycles. The first-order chi connectivity index (χ1) is 7.56. The van der Waals surface area contributed by atoms with Gasteiger partial charge in [-0.1, -0.05) is 13.8 Å². The van der Waals surface area contributed by atoms with Gasteiger partial charge < -0.3 is 15.8 Å². The standard InChI is InChI=1S/C11H17N3O2/c1-7(2)10(11(15)16-3)14-9-4-5-13-6-8(9)12/h4-7,10H,12H2,1-3H3,(H,13,14). The largest absolute Gasteiger partial charge is 0.467 e. The van der Waals surface area contributed by atoms with Gasteiger partial charge in [0.15, 0.2) is 0 Å². The van der Waals surface area contributed by atoms with E-state index in [-0.39, 0.29) is 11.9 Å². The molecule has 5 nitrogen and oxygen atoms in total. The van der Waals surface area contributed by atoms with E-state index in [9.17, 15) is 4.79 Å². The van der Waals surface area contributed by atoms with Gasteiger partial charge in [0.1, 0.15) is 6.04 Å². The van der Waals surface area contributed by atoms with E-state index in [4.69, 9.17) is 10.5 Å². The molecule has 1 aromatic rings. The molecule has 3 N–H and O–H groups in total. The van der Waals surface area contributed by atoms with Crippen molar-refractivity contribution in [1.82, 2.24) is 4.98 Å². The molecular formula is C11H17N3O2. The summed E-state index contributed by atoms with van der Waals surface area (Å²) in [6, 6.07) is 1.32. The van der Waals surface area contributed by atoms with Crippen LogP contribution in [0.3, 0.4) is 0 Å². The van der Waals surface area contributed by atoms with Crippen LogP contribution in [0.2, 0.25) is 0 Å². The molecule has 0 amide bonds. The third-order valence-corrected chi connectivity index (χ3v) is 2.28. The van der Waals surface area contributed by atoms with E-state index in [0.717, 1.165) is 0 Å². The molecule has 1 rings (SSSR count). The van der Waals surface area contributed by atoms with E-state index < -0.39 is 6.04 Å². The Labute approximate surface area is 95.0 Å². The minimum atomic E-state index is -0.408. The van der Waals surface area contributed by atoms with Crippen molar-refractivity contribution in [2.24, 2.45) is 5.92 Å². The molecule has 0 spiro atoms. The number of nitrogens with one attached hydrogen (secondary N) is 1. The monoisotopic (exact) mass is 223 g/mol. The molecule has 0 fully saturated rings. The molecule has 5 heteroatoms. The van der Waals surface area contributed by atoms with Gasteiger partial charge in [-0.3, -0.25) is 4.98 Å². The number of nitrogen functional groups attached to an aromatic ring is 1. The number of nitrogens with two attached hydrogens (primary N) is 1. The Bertz CT molecular complexity index is 366. The highest BCUT2D eigenvalue weighted by Crippen LogP contribution is 2.19. The average molecular weight is 223 g/mol. The van der Waals surface area contributed by atoms with E-state index >= 15 is 0 Å². The summed E-state index contributed by atoms with van der Waals surface area (Å²) >= 11 is 0. The van der Waals surface area contributed by atoms with Crippen LogP contribution in [0.25, 0.3) is 0 Å². The molecule has 0 saturated carbocycles. The Morgan fingerprint density at radius 2 is 2.25 bits per heavy atom. The first kappa shape index (κ1) is 12.3. The number of anilines is 2. The van der Waals surface area contributed by atoms with Gasteiger partial charge in [-0.05, 0) is 12.0 Å². The fourth-order valence-corrected chi connectivity index (χ4v) is 1.33. The smallest absolute Gasteiger partial charge is 0.328 e. The molecule has 16 heavy (non-hydrogen) atoms. The predicted molar refractivity (Wildman–Crippen MR) is 62.9 cm³/mol. The van der Waals surface area contributed by atoms with Crippen molar-refractivity contribution in [2.45, 2.75) is 19.9 Å². The van der Waals surface area contributed by atoms with Gasteiger partial charge in [-0.2, -0.15) is 0 Å². The lowest BCUT2D eigenvalue weighted by Gasteiger charge is -2.21. The van der Waals surface area contributed by atoms with Gasteiger partial charge in [0.2, 0.25) is 0 Å². The summed E-state index contributed by atoms with van der Waals surface area (Å²) in [6.45, 7) is 3.87. The van der Waals surface area contributed by atoms with Crippen LogP contribution in [0, 0.1) is 5.92 Å². The zero-order valence-electron chi connectivity index (χ0n) is 9.73. The number of carbonyl (C=O) groups is 1. The number of esters is 1. The maximum atomic E-state index is 11.5. The molecule has 1 heterocycles. The number of hydrogen-bond donors (Lipinski definition) is 2. The first-order valence-electron chi connectivity index (χ1n) is 5.10. The van der Waals surface area contributed by atoms with Crippen molar-refractivity contribution >= 4 is 17.3 Å². The fourth-order valence-electron chi connectivity index (χ4n) is 1.33. The predicted octanol–water partition coefficient (Wildman–Crippen LogP) is 1.27. The lowest BCUT2D eigenvalue weighted by atomic mass is 10.0. The zero-order valence-corrected chi connectivity index (χ0v) is 9.73. The summed E-state index contributed by atoms with van der Waals surface area (Å²) in [7, 11) is 1.37. The van der Waals surface area contributed by atoms with E-state index in [1.165, 1.54) is 13.3 Å². The van der Waals surface area contributed by atoms with Crippen LogP contribution in [-0.4, -0.2) is 24.1 Å². The van der Waals surface area contributed by atoms with Crippen molar-refractivity contribution in [2.75, 3.05) is 18.2 Å². The number of nitrogens with zero attached hydrogens (tertiary/aromatic N) is 1. The number of ether oxygens (including phenoxy) is 1. The summed E-state index contributed by atoms with van der Waals surface area (Å²) in [5, 5.41) is 3.06. The summed E-state index contributed by atoms with van der Waals surface area (Å²) in [5.41, 5.74) is 6.94. The van der Waals surface area contributed by atoms with Gasteiger partial charge in [-0.25, -0.2) is 4.79 Å². The van der Waals surface area contributed by atoms with Crippen molar-refractivity contribution in [3.05, 3.63) is 18.5 Å². The molecule has 0 aromatic carbocycles. The molecule has 88 valence electrons. The van der Waals surface area contributed by atoms with E-state index in [0.29, 0.717) is 11.4 Å². The summed E-state index contributed by atoms with van der Waals surface area (Å²) in [5.74, 6) is -0.189. The highest BCUT2D eigenvalue weighted by Gasteiger charge is 2.23. The van der Waals surface area contributed by atoms with Gasteiger partial charge in [0, 0.05) is 6.20 Å². The van der Waals surface area contributed by atoms with Crippen LogP contribution in [0.1, 0.15) is 13.8 Å².